The Morgan fingerprint density at radius 1 is 1.26 bits per heavy atom. The fourth-order valence-corrected chi connectivity index (χ4v) is 3.23. The lowest BCUT2D eigenvalue weighted by atomic mass is 10.2. The highest BCUT2D eigenvalue weighted by Gasteiger charge is 2.30. The van der Waals surface area contributed by atoms with Crippen LogP contribution in [0, 0.1) is 23.0 Å². The quantitative estimate of drug-likeness (QED) is 0.743. The van der Waals surface area contributed by atoms with Gasteiger partial charge in [0.1, 0.15) is 23.3 Å². The zero-order valence-electron chi connectivity index (χ0n) is 14.1. The Morgan fingerprint density at radius 3 is 2.67 bits per heavy atom. The molecule has 0 bridgehead atoms. The summed E-state index contributed by atoms with van der Waals surface area (Å²) in [5, 5.41) is 8.80. The monoisotopic (exact) mass is 385 g/mol. The second-order valence-corrected chi connectivity index (χ2v) is 6.49. The molecular weight excluding hydrogens is 372 g/mol. The van der Waals surface area contributed by atoms with Crippen LogP contribution in [0.5, 0.6) is 5.75 Å². The third-order valence-corrected chi connectivity index (χ3v) is 4.67. The van der Waals surface area contributed by atoms with Gasteiger partial charge in [-0.1, -0.05) is 12.1 Å². The van der Waals surface area contributed by atoms with Gasteiger partial charge in [-0.3, -0.25) is 9.69 Å². The van der Waals surface area contributed by atoms with Gasteiger partial charge in [0.15, 0.2) is 17.6 Å². The Balaban J connectivity index is 1.82. The number of likely N-dealkylation sites (N-methyl/N-ethyl adjacent to an activating group) is 1. The molecule has 0 atom stereocenters. The van der Waals surface area contributed by atoms with Crippen molar-refractivity contribution in [3.63, 3.8) is 0 Å². The van der Waals surface area contributed by atoms with E-state index in [0.29, 0.717) is 15.8 Å². The van der Waals surface area contributed by atoms with Crippen LogP contribution < -0.4 is 4.74 Å². The molecule has 2 aromatic carbocycles. The van der Waals surface area contributed by atoms with Crippen LogP contribution in [0.25, 0.3) is 6.08 Å². The van der Waals surface area contributed by atoms with Gasteiger partial charge in [0.2, 0.25) is 0 Å². The van der Waals surface area contributed by atoms with Gasteiger partial charge < -0.3 is 4.74 Å². The number of carbonyl (C=O) groups excluding carboxylic acids is 1. The number of thioether (sulfide) groups is 1. The van der Waals surface area contributed by atoms with E-state index in [1.165, 1.54) is 18.0 Å². The van der Waals surface area contributed by atoms with Crippen molar-refractivity contribution in [2.24, 2.45) is 4.99 Å². The molecule has 0 spiro atoms. The molecule has 0 radical (unpaired) electrons. The van der Waals surface area contributed by atoms with Crippen molar-refractivity contribution >= 4 is 34.6 Å². The summed E-state index contributed by atoms with van der Waals surface area (Å²) in [5.74, 6) is -1.21. The number of hydrogen-bond acceptors (Lipinski definition) is 5. The molecule has 5 nitrogen and oxygen atoms in total. The molecule has 0 unspecified atom stereocenters. The maximum Gasteiger partial charge on any atom is 0.266 e. The lowest BCUT2D eigenvalue weighted by molar-refractivity contribution is -0.121. The summed E-state index contributed by atoms with van der Waals surface area (Å²) in [5.41, 5.74) is 0.719. The summed E-state index contributed by atoms with van der Waals surface area (Å²) in [4.78, 5) is 18.3. The molecule has 1 aliphatic rings. The van der Waals surface area contributed by atoms with Gasteiger partial charge in [0.05, 0.1) is 4.91 Å². The van der Waals surface area contributed by atoms with Crippen LogP contribution in [0.15, 0.2) is 52.4 Å². The maximum atomic E-state index is 13.8. The average Bonchev–Trinajstić information content (AvgIpc) is 2.91. The van der Waals surface area contributed by atoms with E-state index in [-0.39, 0.29) is 18.2 Å². The molecule has 0 aliphatic carbocycles. The second kappa shape index (κ2) is 8.01. The minimum absolute atomic E-state index is 0.0423. The van der Waals surface area contributed by atoms with Gasteiger partial charge in [-0.25, -0.2) is 13.8 Å². The number of halogens is 2. The highest BCUT2D eigenvalue weighted by molar-refractivity contribution is 8.18. The van der Waals surface area contributed by atoms with Crippen molar-refractivity contribution in [2.75, 3.05) is 13.7 Å². The molecule has 136 valence electrons. The SMILES string of the molecule is CN1C(=O)/C(=C\c2ccc(OCC#N)cc2)SC1=Nc1ccc(F)cc1F. The summed E-state index contributed by atoms with van der Waals surface area (Å²) in [6, 6.07) is 11.8. The summed E-state index contributed by atoms with van der Waals surface area (Å²) in [7, 11) is 1.54. The Morgan fingerprint density at radius 2 is 2.00 bits per heavy atom. The molecule has 0 N–H and O–H groups in total. The molecule has 0 saturated carbocycles. The number of hydrogen-bond donors (Lipinski definition) is 0. The van der Waals surface area contributed by atoms with Crippen molar-refractivity contribution < 1.29 is 18.3 Å². The molecule has 8 heteroatoms. The van der Waals surface area contributed by atoms with Crippen LogP contribution in [0.1, 0.15) is 5.56 Å². The van der Waals surface area contributed by atoms with E-state index in [2.05, 4.69) is 4.99 Å². The zero-order chi connectivity index (χ0) is 19.4. The Hall–Kier alpha value is -3.18. The molecule has 1 aliphatic heterocycles. The van der Waals surface area contributed by atoms with Crippen LogP contribution in [0.2, 0.25) is 0 Å². The van der Waals surface area contributed by atoms with E-state index < -0.39 is 11.6 Å². The molecular formula is C19H13F2N3O2S. The molecule has 27 heavy (non-hydrogen) atoms. The first-order chi connectivity index (χ1) is 13.0. The molecule has 1 heterocycles. The number of aliphatic imine (C=N–C) groups is 1. The van der Waals surface area contributed by atoms with Gasteiger partial charge in [0.25, 0.3) is 5.91 Å². The van der Waals surface area contributed by atoms with E-state index in [1.807, 2.05) is 6.07 Å². The van der Waals surface area contributed by atoms with Gasteiger partial charge in [-0.15, -0.1) is 0 Å². The summed E-state index contributed by atoms with van der Waals surface area (Å²) >= 11 is 1.10. The van der Waals surface area contributed by atoms with Gasteiger partial charge in [0, 0.05) is 13.1 Å². The van der Waals surface area contributed by atoms with Crippen molar-refractivity contribution in [1.82, 2.24) is 4.90 Å². The standard InChI is InChI=1S/C19H13F2N3O2S/c1-24-18(25)17(10-12-2-5-14(6-3-12)26-9-8-22)27-19(24)23-16-7-4-13(20)11-15(16)21/h2-7,10-11H,9H2,1H3/b17-10+,23-19?. The predicted molar refractivity (Wildman–Crippen MR) is 99.3 cm³/mol. The Kier molecular flexibility index (Phi) is 5.52. The number of carbonyl (C=O) groups is 1. The minimum atomic E-state index is -0.797. The smallest absolute Gasteiger partial charge is 0.266 e. The van der Waals surface area contributed by atoms with E-state index in [1.54, 1.807) is 30.3 Å². The van der Waals surface area contributed by atoms with E-state index in [9.17, 15) is 13.6 Å². The molecule has 1 fully saturated rings. The second-order valence-electron chi connectivity index (χ2n) is 5.48. The first kappa shape index (κ1) is 18.6. The Bertz CT molecular complexity index is 981. The largest absolute Gasteiger partial charge is 0.479 e. The highest BCUT2D eigenvalue weighted by Crippen LogP contribution is 2.33. The lowest BCUT2D eigenvalue weighted by Gasteiger charge is -2.07. The lowest BCUT2D eigenvalue weighted by Crippen LogP contribution is -2.23. The molecule has 1 saturated heterocycles. The van der Waals surface area contributed by atoms with Gasteiger partial charge in [-0.05, 0) is 47.7 Å². The van der Waals surface area contributed by atoms with Crippen LogP contribution >= 0.6 is 11.8 Å². The third kappa shape index (κ3) is 4.33. The maximum absolute atomic E-state index is 13.8. The zero-order valence-corrected chi connectivity index (χ0v) is 15.0. The van der Waals surface area contributed by atoms with E-state index in [0.717, 1.165) is 29.5 Å². The first-order valence-electron chi connectivity index (χ1n) is 7.79. The summed E-state index contributed by atoms with van der Waals surface area (Å²) < 4.78 is 32.0. The van der Waals surface area contributed by atoms with Crippen LogP contribution in [-0.2, 0) is 4.79 Å². The average molecular weight is 385 g/mol. The van der Waals surface area contributed by atoms with Crippen LogP contribution in [0.4, 0.5) is 14.5 Å². The van der Waals surface area contributed by atoms with Crippen molar-refractivity contribution in [3.8, 4) is 11.8 Å². The topological polar surface area (TPSA) is 65.7 Å². The number of nitrogens with zero attached hydrogens (tertiary/aromatic N) is 3. The fourth-order valence-electron chi connectivity index (χ4n) is 2.25. The molecule has 3 rings (SSSR count). The van der Waals surface area contributed by atoms with Crippen molar-refractivity contribution in [2.45, 2.75) is 0 Å². The number of amidine groups is 1. The number of benzene rings is 2. The summed E-state index contributed by atoms with van der Waals surface area (Å²) in [6.45, 7) is -0.0423. The number of rotatable bonds is 4. The van der Waals surface area contributed by atoms with Crippen LogP contribution in [-0.4, -0.2) is 29.6 Å². The van der Waals surface area contributed by atoms with E-state index in [4.69, 9.17) is 10.00 Å². The van der Waals surface area contributed by atoms with Crippen molar-refractivity contribution in [1.29, 1.82) is 5.26 Å². The number of nitriles is 1. The number of ether oxygens (including phenoxy) is 1. The third-order valence-electron chi connectivity index (χ3n) is 3.61. The van der Waals surface area contributed by atoms with Crippen LogP contribution in [0.3, 0.4) is 0 Å². The Labute approximate surface area is 158 Å². The molecule has 1 amide bonds. The normalized spacial score (nSPS) is 16.8. The van der Waals surface area contributed by atoms with E-state index >= 15 is 0 Å². The molecule has 2 aromatic rings. The first-order valence-corrected chi connectivity index (χ1v) is 8.61. The summed E-state index contributed by atoms with van der Waals surface area (Å²) in [6.07, 6.45) is 1.68. The molecule has 0 aromatic heterocycles. The predicted octanol–water partition coefficient (Wildman–Crippen LogP) is 4.10. The minimum Gasteiger partial charge on any atom is -0.479 e. The van der Waals surface area contributed by atoms with Gasteiger partial charge >= 0.3 is 0 Å². The highest BCUT2D eigenvalue weighted by atomic mass is 32.2. The number of amides is 1. The van der Waals surface area contributed by atoms with Crippen molar-refractivity contribution in [3.05, 3.63) is 64.6 Å². The fraction of sp³-hybridized carbons (Fsp3) is 0.105. The van der Waals surface area contributed by atoms with Gasteiger partial charge in [-0.2, -0.15) is 5.26 Å².